The van der Waals surface area contributed by atoms with E-state index in [1.807, 2.05) is 6.07 Å². The molecule has 0 bridgehead atoms. The number of carbonyl (C=O) groups excluding carboxylic acids is 3. The minimum atomic E-state index is -1.65. The molecule has 2 fully saturated rings. The van der Waals surface area contributed by atoms with E-state index in [9.17, 15) is 14.4 Å². The first-order valence-electron chi connectivity index (χ1n) is 12.9. The molecular weight excluding hydrogens is 516 g/mol. The number of anilines is 1. The van der Waals surface area contributed by atoms with Crippen molar-refractivity contribution in [3.8, 4) is 23.0 Å². The Morgan fingerprint density at radius 2 is 1.65 bits per heavy atom. The maximum atomic E-state index is 14.3. The lowest BCUT2D eigenvalue weighted by atomic mass is 9.75. The van der Waals surface area contributed by atoms with E-state index in [-0.39, 0.29) is 0 Å². The fourth-order valence-electron chi connectivity index (χ4n) is 6.11. The van der Waals surface area contributed by atoms with Crippen LogP contribution in [0, 0.1) is 11.8 Å². The molecule has 3 heterocycles. The van der Waals surface area contributed by atoms with E-state index in [2.05, 4.69) is 5.32 Å². The normalized spacial score (nSPS) is 25.0. The van der Waals surface area contributed by atoms with Gasteiger partial charge in [0.05, 0.1) is 38.9 Å². The molecule has 206 valence electrons. The Balaban J connectivity index is 1.54. The van der Waals surface area contributed by atoms with Crippen molar-refractivity contribution in [2.75, 3.05) is 39.4 Å². The highest BCUT2D eigenvalue weighted by Gasteiger charge is 2.70. The molecule has 2 amide bonds. The fraction of sp³-hybridized carbons (Fsp3) is 0.300. The second-order valence-electron chi connectivity index (χ2n) is 9.74. The van der Waals surface area contributed by atoms with Crippen molar-refractivity contribution in [3.05, 3.63) is 77.9 Å². The molecular formula is C30H28N2O8. The van der Waals surface area contributed by atoms with Crippen LogP contribution in [0.2, 0.25) is 0 Å². The van der Waals surface area contributed by atoms with Crippen LogP contribution >= 0.6 is 0 Å². The van der Waals surface area contributed by atoms with Gasteiger partial charge >= 0.3 is 5.97 Å². The molecule has 3 aliphatic rings. The summed E-state index contributed by atoms with van der Waals surface area (Å²) in [6.45, 7) is 0.764. The Bertz CT molecular complexity index is 1490. The molecule has 3 aliphatic heterocycles. The van der Waals surface area contributed by atoms with Crippen molar-refractivity contribution >= 4 is 23.5 Å². The number of rotatable bonds is 6. The highest BCUT2D eigenvalue weighted by atomic mass is 16.6. The van der Waals surface area contributed by atoms with Gasteiger partial charge in [0.1, 0.15) is 24.7 Å². The van der Waals surface area contributed by atoms with E-state index < -0.39 is 41.2 Å². The van der Waals surface area contributed by atoms with E-state index >= 15 is 0 Å². The summed E-state index contributed by atoms with van der Waals surface area (Å²) in [6.07, 6.45) is 0. The highest BCUT2D eigenvalue weighted by molar-refractivity contribution is 6.24. The van der Waals surface area contributed by atoms with Crippen LogP contribution < -0.4 is 29.2 Å². The second kappa shape index (κ2) is 9.87. The summed E-state index contributed by atoms with van der Waals surface area (Å²) < 4.78 is 27.7. The van der Waals surface area contributed by atoms with Crippen molar-refractivity contribution in [1.82, 2.24) is 5.32 Å². The average molecular weight is 545 g/mol. The van der Waals surface area contributed by atoms with Gasteiger partial charge in [-0.1, -0.05) is 36.4 Å². The molecule has 3 aromatic rings. The fourth-order valence-corrected chi connectivity index (χ4v) is 6.11. The van der Waals surface area contributed by atoms with Gasteiger partial charge in [0.25, 0.3) is 0 Å². The van der Waals surface area contributed by atoms with Crippen LogP contribution in [0.5, 0.6) is 23.0 Å². The molecule has 0 aromatic heterocycles. The third kappa shape index (κ3) is 3.70. The lowest BCUT2D eigenvalue weighted by Crippen LogP contribution is -2.53. The van der Waals surface area contributed by atoms with Crippen LogP contribution in [0.15, 0.2) is 66.7 Å². The molecule has 0 aliphatic carbocycles. The van der Waals surface area contributed by atoms with Crippen molar-refractivity contribution in [2.45, 2.75) is 11.6 Å². The summed E-state index contributed by atoms with van der Waals surface area (Å²) >= 11 is 0. The number of nitrogens with one attached hydrogen (secondary N) is 1. The largest absolute Gasteiger partial charge is 0.497 e. The molecule has 1 N–H and O–H groups in total. The van der Waals surface area contributed by atoms with E-state index in [4.69, 9.17) is 23.7 Å². The number of nitrogens with zero attached hydrogens (tertiary/aromatic N) is 1. The molecule has 10 nitrogen and oxygen atoms in total. The molecule has 0 radical (unpaired) electrons. The molecule has 6 rings (SSSR count). The zero-order chi connectivity index (χ0) is 28.0. The number of esters is 1. The lowest BCUT2D eigenvalue weighted by molar-refractivity contribution is -0.152. The molecule has 40 heavy (non-hydrogen) atoms. The summed E-state index contributed by atoms with van der Waals surface area (Å²) in [5.41, 5.74) is -0.200. The number of hydrogen-bond acceptors (Lipinski definition) is 9. The summed E-state index contributed by atoms with van der Waals surface area (Å²) in [7, 11) is 4.32. The zero-order valence-corrected chi connectivity index (χ0v) is 22.2. The number of methoxy groups -OCH3 is 3. The van der Waals surface area contributed by atoms with Crippen molar-refractivity contribution in [3.63, 3.8) is 0 Å². The standard InChI is InChI=1S/C30H28N2O8/c1-36-19-10-11-20(22(16-19)37-2)26-24-25(30(31-26,29(35)38-3)17-7-5-4-6-8-17)28(34)32(27(24)33)18-9-12-21-23(15-18)40-14-13-39-21/h4-12,15-16,24-26,31H,13-14H2,1-3H3/t24-,25-,26+,30-/m0/s1. The van der Waals surface area contributed by atoms with E-state index in [0.717, 1.165) is 4.90 Å². The van der Waals surface area contributed by atoms with E-state index in [1.54, 1.807) is 67.8 Å². The first kappa shape index (κ1) is 25.7. The SMILES string of the molecule is COC(=O)[C@@]1(c2ccccc2)N[C@H](c2ccc(OC)cc2OC)[C@H]2C(=O)N(c3ccc4c(c3)OCCO4)C(=O)[C@H]21. The highest BCUT2D eigenvalue weighted by Crippen LogP contribution is 2.55. The number of benzene rings is 3. The van der Waals surface area contributed by atoms with E-state index in [0.29, 0.717) is 53.0 Å². The van der Waals surface area contributed by atoms with Crippen LogP contribution in [0.4, 0.5) is 5.69 Å². The maximum absolute atomic E-state index is 14.3. The van der Waals surface area contributed by atoms with Gasteiger partial charge in [0, 0.05) is 23.7 Å². The molecule has 3 aromatic carbocycles. The zero-order valence-electron chi connectivity index (χ0n) is 22.2. The minimum absolute atomic E-state index is 0.334. The van der Waals surface area contributed by atoms with Crippen molar-refractivity contribution in [2.24, 2.45) is 11.8 Å². The summed E-state index contributed by atoms with van der Waals surface area (Å²) in [5.74, 6) is -1.74. The maximum Gasteiger partial charge on any atom is 0.331 e. The van der Waals surface area contributed by atoms with Crippen LogP contribution in [0.3, 0.4) is 0 Å². The van der Waals surface area contributed by atoms with Gasteiger partial charge in [0.15, 0.2) is 17.0 Å². The predicted molar refractivity (Wildman–Crippen MR) is 142 cm³/mol. The number of ether oxygens (including phenoxy) is 5. The number of amides is 2. The Morgan fingerprint density at radius 3 is 2.35 bits per heavy atom. The third-order valence-corrected chi connectivity index (χ3v) is 7.86. The van der Waals surface area contributed by atoms with E-state index in [1.165, 1.54) is 14.2 Å². The van der Waals surface area contributed by atoms with Crippen LogP contribution in [-0.4, -0.2) is 52.3 Å². The second-order valence-corrected chi connectivity index (χ2v) is 9.74. The van der Waals surface area contributed by atoms with Crippen LogP contribution in [0.25, 0.3) is 0 Å². The van der Waals surface area contributed by atoms with Gasteiger partial charge < -0.3 is 23.7 Å². The molecule has 0 saturated carbocycles. The van der Waals surface area contributed by atoms with Gasteiger partial charge in [0.2, 0.25) is 11.8 Å². The van der Waals surface area contributed by atoms with Gasteiger partial charge in [-0.3, -0.25) is 14.9 Å². The number of imide groups is 1. The third-order valence-electron chi connectivity index (χ3n) is 7.86. The molecule has 0 unspecified atom stereocenters. The Kier molecular flexibility index (Phi) is 6.34. The Labute approximate surface area is 230 Å². The quantitative estimate of drug-likeness (QED) is 0.370. The summed E-state index contributed by atoms with van der Waals surface area (Å²) in [6, 6.07) is 18.2. The summed E-state index contributed by atoms with van der Waals surface area (Å²) in [4.78, 5) is 43.5. The van der Waals surface area contributed by atoms with Gasteiger partial charge in [-0.2, -0.15) is 0 Å². The molecule has 0 spiro atoms. The number of hydrogen-bond donors (Lipinski definition) is 1. The summed E-state index contributed by atoms with van der Waals surface area (Å²) in [5, 5.41) is 3.38. The van der Waals surface area contributed by atoms with Gasteiger partial charge in [-0.25, -0.2) is 9.69 Å². The predicted octanol–water partition coefficient (Wildman–Crippen LogP) is 2.99. The van der Waals surface area contributed by atoms with Crippen molar-refractivity contribution < 1.29 is 38.1 Å². The number of fused-ring (bicyclic) bond motifs is 2. The molecule has 2 saturated heterocycles. The Morgan fingerprint density at radius 1 is 0.900 bits per heavy atom. The molecule has 4 atom stereocenters. The Hall–Kier alpha value is -4.57. The first-order valence-corrected chi connectivity index (χ1v) is 12.9. The smallest absolute Gasteiger partial charge is 0.331 e. The van der Waals surface area contributed by atoms with Gasteiger partial charge in [-0.05, 0) is 23.8 Å². The lowest BCUT2D eigenvalue weighted by Gasteiger charge is -2.33. The van der Waals surface area contributed by atoms with Gasteiger partial charge in [-0.15, -0.1) is 0 Å². The molecule has 10 heteroatoms. The first-order chi connectivity index (χ1) is 19.4. The van der Waals surface area contributed by atoms with Crippen molar-refractivity contribution in [1.29, 1.82) is 0 Å². The number of carbonyl (C=O) groups is 3. The van der Waals surface area contributed by atoms with Crippen LogP contribution in [0.1, 0.15) is 17.2 Å². The minimum Gasteiger partial charge on any atom is -0.497 e. The van der Waals surface area contributed by atoms with Crippen LogP contribution in [-0.2, 0) is 24.7 Å². The monoisotopic (exact) mass is 544 g/mol. The topological polar surface area (TPSA) is 113 Å². The average Bonchev–Trinajstić information content (AvgIpc) is 3.50.